The Labute approximate surface area is 171 Å². The molecule has 0 spiro atoms. The van der Waals surface area contributed by atoms with Gasteiger partial charge in [0, 0.05) is 11.0 Å². The summed E-state index contributed by atoms with van der Waals surface area (Å²) in [5, 5.41) is 7.91. The SMILES string of the molecule is CCNC(=S)N/N=C\c1cc(Cl)c(OCc2ccc(Br)cc2)c(OC)c1. The molecule has 0 radical (unpaired) electrons. The number of ether oxygens (including phenoxy) is 2. The molecule has 0 amide bonds. The number of halogens is 2. The highest BCUT2D eigenvalue weighted by molar-refractivity contribution is 9.10. The van der Waals surface area contributed by atoms with Crippen LogP contribution in [-0.2, 0) is 6.61 Å². The first kappa shape index (κ1) is 20.5. The van der Waals surface area contributed by atoms with Crippen molar-refractivity contribution in [3.8, 4) is 11.5 Å². The van der Waals surface area contributed by atoms with Gasteiger partial charge in [-0.3, -0.25) is 5.43 Å². The zero-order valence-electron chi connectivity index (χ0n) is 14.4. The van der Waals surface area contributed by atoms with Crippen molar-refractivity contribution in [2.45, 2.75) is 13.5 Å². The molecule has 0 aliphatic heterocycles. The van der Waals surface area contributed by atoms with Gasteiger partial charge in [0.2, 0.25) is 0 Å². The Balaban J connectivity index is 2.09. The van der Waals surface area contributed by atoms with Gasteiger partial charge in [-0.1, -0.05) is 39.7 Å². The predicted molar refractivity (Wildman–Crippen MR) is 113 cm³/mol. The van der Waals surface area contributed by atoms with Gasteiger partial charge < -0.3 is 14.8 Å². The van der Waals surface area contributed by atoms with Crippen LogP contribution >= 0.6 is 39.7 Å². The van der Waals surface area contributed by atoms with Gasteiger partial charge in [-0.2, -0.15) is 5.10 Å². The van der Waals surface area contributed by atoms with Crippen LogP contribution in [0.4, 0.5) is 0 Å². The minimum Gasteiger partial charge on any atom is -0.493 e. The van der Waals surface area contributed by atoms with Crippen LogP contribution in [0.3, 0.4) is 0 Å². The van der Waals surface area contributed by atoms with Gasteiger partial charge in [-0.05, 0) is 54.5 Å². The van der Waals surface area contributed by atoms with Crippen LogP contribution in [0.25, 0.3) is 0 Å². The number of hydrogen-bond acceptors (Lipinski definition) is 4. The van der Waals surface area contributed by atoms with Gasteiger partial charge in [-0.25, -0.2) is 0 Å². The van der Waals surface area contributed by atoms with E-state index >= 15 is 0 Å². The smallest absolute Gasteiger partial charge is 0.186 e. The molecule has 0 aliphatic carbocycles. The second-order valence-corrected chi connectivity index (χ2v) is 6.91. The number of hydrogen-bond donors (Lipinski definition) is 2. The number of thiocarbonyl (C=S) groups is 1. The maximum absolute atomic E-state index is 6.36. The first-order valence-corrected chi connectivity index (χ1v) is 9.43. The predicted octanol–water partition coefficient (Wildman–Crippen LogP) is 4.51. The molecule has 0 atom stereocenters. The summed E-state index contributed by atoms with van der Waals surface area (Å²) in [5.74, 6) is 1.02. The van der Waals surface area contributed by atoms with E-state index in [-0.39, 0.29) is 0 Å². The van der Waals surface area contributed by atoms with Crippen molar-refractivity contribution < 1.29 is 9.47 Å². The van der Waals surface area contributed by atoms with E-state index in [4.69, 9.17) is 33.3 Å². The van der Waals surface area contributed by atoms with Crippen molar-refractivity contribution in [2.24, 2.45) is 5.10 Å². The van der Waals surface area contributed by atoms with Crippen LogP contribution in [0.1, 0.15) is 18.1 Å². The van der Waals surface area contributed by atoms with Crippen molar-refractivity contribution >= 4 is 51.1 Å². The molecule has 0 heterocycles. The summed E-state index contributed by atoms with van der Waals surface area (Å²) in [4.78, 5) is 0. The van der Waals surface area contributed by atoms with Crippen LogP contribution in [0.15, 0.2) is 46.0 Å². The van der Waals surface area contributed by atoms with E-state index in [9.17, 15) is 0 Å². The Bertz CT molecular complexity index is 785. The third-order valence-corrected chi connectivity index (χ3v) is 4.31. The second-order valence-electron chi connectivity index (χ2n) is 5.18. The van der Waals surface area contributed by atoms with Gasteiger partial charge in [-0.15, -0.1) is 0 Å². The fourth-order valence-electron chi connectivity index (χ4n) is 2.06. The van der Waals surface area contributed by atoms with Crippen LogP contribution in [-0.4, -0.2) is 25.0 Å². The minimum absolute atomic E-state index is 0.384. The summed E-state index contributed by atoms with van der Waals surface area (Å²) in [6, 6.07) is 11.4. The zero-order valence-corrected chi connectivity index (χ0v) is 17.5. The lowest BCUT2D eigenvalue weighted by atomic mass is 10.2. The molecule has 2 aromatic carbocycles. The molecule has 0 saturated heterocycles. The number of benzene rings is 2. The highest BCUT2D eigenvalue weighted by Crippen LogP contribution is 2.36. The van der Waals surface area contributed by atoms with E-state index in [1.165, 1.54) is 0 Å². The summed E-state index contributed by atoms with van der Waals surface area (Å²) in [5.41, 5.74) is 4.51. The summed E-state index contributed by atoms with van der Waals surface area (Å²) in [6.45, 7) is 3.07. The Morgan fingerprint density at radius 1 is 1.31 bits per heavy atom. The second kappa shape index (κ2) is 10.4. The normalized spacial score (nSPS) is 10.6. The quantitative estimate of drug-likeness (QED) is 0.365. The fraction of sp³-hybridized carbons (Fsp3) is 0.222. The van der Waals surface area contributed by atoms with E-state index < -0.39 is 0 Å². The van der Waals surface area contributed by atoms with Crippen molar-refractivity contribution in [1.82, 2.24) is 10.7 Å². The Morgan fingerprint density at radius 2 is 2.04 bits per heavy atom. The molecular formula is C18H19BrClN3O2S. The first-order valence-electron chi connectivity index (χ1n) is 7.85. The molecule has 2 N–H and O–H groups in total. The van der Waals surface area contributed by atoms with Crippen molar-refractivity contribution in [1.29, 1.82) is 0 Å². The standard InChI is InChI=1S/C18H19BrClN3O2S/c1-3-21-18(26)23-22-10-13-8-15(20)17(16(9-13)24-2)25-11-12-4-6-14(19)7-5-12/h4-10H,3,11H2,1-2H3,(H2,21,23,26)/b22-10-. The highest BCUT2D eigenvalue weighted by Gasteiger charge is 2.12. The number of rotatable bonds is 7. The maximum Gasteiger partial charge on any atom is 0.186 e. The summed E-state index contributed by atoms with van der Waals surface area (Å²) >= 11 is 14.8. The van der Waals surface area contributed by atoms with Crippen LogP contribution in [0.5, 0.6) is 11.5 Å². The van der Waals surface area contributed by atoms with Gasteiger partial charge >= 0.3 is 0 Å². The number of methoxy groups -OCH3 is 1. The maximum atomic E-state index is 6.36. The third-order valence-electron chi connectivity index (χ3n) is 3.27. The van der Waals surface area contributed by atoms with Crippen LogP contribution in [0.2, 0.25) is 5.02 Å². The van der Waals surface area contributed by atoms with Crippen molar-refractivity contribution in [3.63, 3.8) is 0 Å². The van der Waals surface area contributed by atoms with Gasteiger partial charge in [0.05, 0.1) is 18.3 Å². The Morgan fingerprint density at radius 3 is 2.69 bits per heavy atom. The topological polar surface area (TPSA) is 54.9 Å². The average Bonchev–Trinajstić information content (AvgIpc) is 2.62. The summed E-state index contributed by atoms with van der Waals surface area (Å²) < 4.78 is 12.3. The molecule has 0 aromatic heterocycles. The van der Waals surface area contributed by atoms with Crippen LogP contribution in [0, 0.1) is 0 Å². The Kier molecular flexibility index (Phi) is 8.15. The van der Waals surface area contributed by atoms with E-state index in [1.807, 2.05) is 31.2 Å². The van der Waals surface area contributed by atoms with Gasteiger partial charge in [0.1, 0.15) is 6.61 Å². The molecule has 0 bridgehead atoms. The lowest BCUT2D eigenvalue weighted by Crippen LogP contribution is -2.31. The van der Waals surface area contributed by atoms with Gasteiger partial charge in [0.15, 0.2) is 16.6 Å². The van der Waals surface area contributed by atoms with Gasteiger partial charge in [0.25, 0.3) is 0 Å². The monoisotopic (exact) mass is 455 g/mol. The molecule has 26 heavy (non-hydrogen) atoms. The largest absolute Gasteiger partial charge is 0.493 e. The number of nitrogens with zero attached hydrogens (tertiary/aromatic N) is 1. The lowest BCUT2D eigenvalue weighted by molar-refractivity contribution is 0.284. The van der Waals surface area contributed by atoms with E-state index in [1.54, 1.807) is 25.5 Å². The molecule has 0 saturated carbocycles. The number of nitrogens with one attached hydrogen (secondary N) is 2. The molecule has 5 nitrogen and oxygen atoms in total. The third kappa shape index (κ3) is 6.16. The van der Waals surface area contributed by atoms with E-state index in [2.05, 4.69) is 31.8 Å². The number of hydrazone groups is 1. The van der Waals surface area contributed by atoms with Crippen LogP contribution < -0.4 is 20.2 Å². The molecule has 2 aromatic rings. The first-order chi connectivity index (χ1) is 12.5. The average molecular weight is 457 g/mol. The van der Waals surface area contributed by atoms with E-state index in [0.29, 0.717) is 28.2 Å². The molecule has 2 rings (SSSR count). The van der Waals surface area contributed by atoms with Crippen molar-refractivity contribution in [3.05, 3.63) is 57.0 Å². The molecule has 0 aliphatic rings. The molecule has 8 heteroatoms. The summed E-state index contributed by atoms with van der Waals surface area (Å²) in [7, 11) is 1.57. The molecule has 0 fully saturated rings. The zero-order chi connectivity index (χ0) is 18.9. The molecular weight excluding hydrogens is 438 g/mol. The minimum atomic E-state index is 0.384. The van der Waals surface area contributed by atoms with E-state index in [0.717, 1.165) is 22.1 Å². The molecule has 138 valence electrons. The van der Waals surface area contributed by atoms with Crippen molar-refractivity contribution in [2.75, 3.05) is 13.7 Å². The highest BCUT2D eigenvalue weighted by atomic mass is 79.9. The lowest BCUT2D eigenvalue weighted by Gasteiger charge is -2.13. The Hall–Kier alpha value is -1.83. The summed E-state index contributed by atoms with van der Waals surface area (Å²) in [6.07, 6.45) is 1.61. The molecule has 0 unspecified atom stereocenters. The fourth-order valence-corrected chi connectivity index (χ4v) is 2.79.